The molecule has 132 valence electrons. The molecule has 2 aliphatic rings. The molecule has 1 aromatic carbocycles. The number of amides is 1. The molecule has 1 N–H and O–H groups in total. The van der Waals surface area contributed by atoms with E-state index < -0.39 is 10.0 Å². The zero-order valence-corrected chi connectivity index (χ0v) is 15.2. The summed E-state index contributed by atoms with van der Waals surface area (Å²) >= 11 is 6.03. The summed E-state index contributed by atoms with van der Waals surface area (Å²) in [4.78, 5) is 14.3. The minimum atomic E-state index is -3.60. The monoisotopic (exact) mass is 371 g/mol. The van der Waals surface area contributed by atoms with Crippen molar-refractivity contribution in [1.82, 2.24) is 14.5 Å². The summed E-state index contributed by atoms with van der Waals surface area (Å²) in [5, 5.41) is 3.23. The van der Waals surface area contributed by atoms with E-state index in [4.69, 9.17) is 11.6 Å². The predicted octanol–water partition coefficient (Wildman–Crippen LogP) is 1.31. The molecule has 0 spiro atoms. The summed E-state index contributed by atoms with van der Waals surface area (Å²) in [6, 6.07) is 6.57. The third-order valence-electron chi connectivity index (χ3n) is 4.58. The Labute approximate surface area is 147 Å². The van der Waals surface area contributed by atoms with Crippen LogP contribution in [0.15, 0.2) is 29.2 Å². The van der Waals surface area contributed by atoms with E-state index in [-0.39, 0.29) is 21.9 Å². The van der Waals surface area contributed by atoms with Crippen LogP contribution in [0.5, 0.6) is 0 Å². The van der Waals surface area contributed by atoms with Crippen LogP contribution in [0.1, 0.15) is 19.8 Å². The van der Waals surface area contributed by atoms with Gasteiger partial charge in [0.25, 0.3) is 0 Å². The van der Waals surface area contributed by atoms with Crippen LogP contribution in [-0.4, -0.2) is 61.8 Å². The van der Waals surface area contributed by atoms with E-state index in [1.807, 2.05) is 11.8 Å². The molecule has 2 fully saturated rings. The fraction of sp³-hybridized carbons (Fsp3) is 0.562. The maximum atomic E-state index is 12.7. The number of sulfonamides is 1. The van der Waals surface area contributed by atoms with Crippen molar-refractivity contribution in [3.05, 3.63) is 29.3 Å². The second-order valence-electron chi connectivity index (χ2n) is 6.33. The van der Waals surface area contributed by atoms with Gasteiger partial charge in [0.1, 0.15) is 4.90 Å². The van der Waals surface area contributed by atoms with Crippen molar-refractivity contribution >= 4 is 27.5 Å². The maximum absolute atomic E-state index is 12.7. The molecule has 1 saturated heterocycles. The molecule has 6 nitrogen and oxygen atoms in total. The van der Waals surface area contributed by atoms with Crippen LogP contribution in [0.2, 0.25) is 5.02 Å². The Hall–Kier alpha value is -1.15. The lowest BCUT2D eigenvalue weighted by Crippen LogP contribution is -2.55. The van der Waals surface area contributed by atoms with Gasteiger partial charge >= 0.3 is 0 Å². The van der Waals surface area contributed by atoms with Crippen LogP contribution < -0.4 is 5.32 Å². The van der Waals surface area contributed by atoms with Crippen LogP contribution >= 0.6 is 11.6 Å². The van der Waals surface area contributed by atoms with E-state index in [1.165, 1.54) is 10.4 Å². The molecule has 1 saturated carbocycles. The van der Waals surface area contributed by atoms with E-state index in [0.29, 0.717) is 32.2 Å². The van der Waals surface area contributed by atoms with Gasteiger partial charge in [-0.05, 0) is 31.9 Å². The Morgan fingerprint density at radius 2 is 1.83 bits per heavy atom. The Morgan fingerprint density at radius 1 is 1.21 bits per heavy atom. The first kappa shape index (κ1) is 17.7. The highest BCUT2D eigenvalue weighted by Gasteiger charge is 2.34. The van der Waals surface area contributed by atoms with Gasteiger partial charge in [-0.25, -0.2) is 8.42 Å². The van der Waals surface area contributed by atoms with Gasteiger partial charge in [-0.2, -0.15) is 4.31 Å². The van der Waals surface area contributed by atoms with E-state index in [0.717, 1.165) is 12.8 Å². The number of hydrogen-bond donors (Lipinski definition) is 1. The van der Waals surface area contributed by atoms with Crippen LogP contribution in [0, 0.1) is 0 Å². The quantitative estimate of drug-likeness (QED) is 0.847. The highest BCUT2D eigenvalue weighted by atomic mass is 35.5. The number of carbonyl (C=O) groups is 1. The Bertz CT molecular complexity index is 713. The van der Waals surface area contributed by atoms with Crippen molar-refractivity contribution in [3.63, 3.8) is 0 Å². The largest absolute Gasteiger partial charge is 0.352 e. The van der Waals surface area contributed by atoms with E-state index in [1.54, 1.807) is 18.2 Å². The molecule has 8 heteroatoms. The number of piperazine rings is 1. The maximum Gasteiger partial charge on any atom is 0.244 e. The zero-order chi connectivity index (χ0) is 17.3. The van der Waals surface area contributed by atoms with Crippen molar-refractivity contribution < 1.29 is 13.2 Å². The lowest BCUT2D eigenvalue weighted by Gasteiger charge is -2.36. The van der Waals surface area contributed by atoms with Crippen LogP contribution in [0.4, 0.5) is 0 Å². The lowest BCUT2D eigenvalue weighted by molar-refractivity contribution is -0.126. The highest BCUT2D eigenvalue weighted by Crippen LogP contribution is 2.25. The highest BCUT2D eigenvalue weighted by molar-refractivity contribution is 7.89. The second kappa shape index (κ2) is 7.00. The van der Waals surface area contributed by atoms with Gasteiger partial charge < -0.3 is 5.32 Å². The Kier molecular flexibility index (Phi) is 5.15. The average molecular weight is 372 g/mol. The standard InChI is InChI=1S/C16H22ClN3O3S/c1-12(16(21)18-13-6-7-13)19-8-10-20(11-9-19)24(22,23)15-5-3-2-4-14(15)17/h2-5,12-13H,6-11H2,1H3,(H,18,21)/t12-/m0/s1. The summed E-state index contributed by atoms with van der Waals surface area (Å²) in [6.07, 6.45) is 2.12. The van der Waals surface area contributed by atoms with Crippen molar-refractivity contribution in [3.8, 4) is 0 Å². The molecule has 1 aliphatic carbocycles. The van der Waals surface area contributed by atoms with Gasteiger partial charge in [0.2, 0.25) is 15.9 Å². The molecule has 0 radical (unpaired) electrons. The molecule has 1 heterocycles. The molecular weight excluding hydrogens is 350 g/mol. The summed E-state index contributed by atoms with van der Waals surface area (Å²) in [6.45, 7) is 3.64. The third-order valence-corrected chi connectivity index (χ3v) is 6.98. The second-order valence-corrected chi connectivity index (χ2v) is 8.64. The van der Waals surface area contributed by atoms with Crippen molar-refractivity contribution in [1.29, 1.82) is 0 Å². The van der Waals surface area contributed by atoms with Gasteiger partial charge in [0.05, 0.1) is 11.1 Å². The minimum Gasteiger partial charge on any atom is -0.352 e. The van der Waals surface area contributed by atoms with Crippen molar-refractivity contribution in [2.45, 2.75) is 36.7 Å². The first-order valence-corrected chi connectivity index (χ1v) is 10.0. The Balaban J connectivity index is 1.62. The molecule has 0 bridgehead atoms. The molecule has 0 aromatic heterocycles. The SMILES string of the molecule is C[C@@H](C(=O)NC1CC1)N1CCN(S(=O)(=O)c2ccccc2Cl)CC1. The minimum absolute atomic E-state index is 0.0277. The molecule has 24 heavy (non-hydrogen) atoms. The Morgan fingerprint density at radius 3 is 2.42 bits per heavy atom. The zero-order valence-electron chi connectivity index (χ0n) is 13.6. The van der Waals surface area contributed by atoms with Gasteiger partial charge in [-0.3, -0.25) is 9.69 Å². The van der Waals surface area contributed by atoms with Crippen LogP contribution in [-0.2, 0) is 14.8 Å². The van der Waals surface area contributed by atoms with E-state index >= 15 is 0 Å². The molecule has 1 aromatic rings. The fourth-order valence-corrected chi connectivity index (χ4v) is 4.75. The lowest BCUT2D eigenvalue weighted by atomic mass is 10.2. The topological polar surface area (TPSA) is 69.7 Å². The van der Waals surface area contributed by atoms with Gasteiger partial charge in [0.15, 0.2) is 0 Å². The summed E-state index contributed by atoms with van der Waals surface area (Å²) in [7, 11) is -3.60. The van der Waals surface area contributed by atoms with Crippen LogP contribution in [0.25, 0.3) is 0 Å². The molecule has 0 unspecified atom stereocenters. The summed E-state index contributed by atoms with van der Waals surface area (Å²) in [5.74, 6) is 0.0277. The van der Waals surface area contributed by atoms with E-state index in [2.05, 4.69) is 5.32 Å². The number of halogens is 1. The predicted molar refractivity (Wildman–Crippen MR) is 92.4 cm³/mol. The number of nitrogens with zero attached hydrogens (tertiary/aromatic N) is 2. The number of benzene rings is 1. The molecule has 3 rings (SSSR count). The first-order chi connectivity index (χ1) is 11.4. The molecule has 1 atom stereocenters. The fourth-order valence-electron chi connectivity index (χ4n) is 2.84. The molecule has 1 aliphatic heterocycles. The number of rotatable bonds is 5. The number of hydrogen-bond acceptors (Lipinski definition) is 4. The normalized spacial score (nSPS) is 21.4. The van der Waals surface area contributed by atoms with Gasteiger partial charge in [-0.1, -0.05) is 23.7 Å². The third kappa shape index (κ3) is 3.74. The smallest absolute Gasteiger partial charge is 0.244 e. The average Bonchev–Trinajstić information content (AvgIpc) is 3.38. The number of carbonyl (C=O) groups excluding carboxylic acids is 1. The number of nitrogens with one attached hydrogen (secondary N) is 1. The van der Waals surface area contributed by atoms with Crippen LogP contribution in [0.3, 0.4) is 0 Å². The van der Waals surface area contributed by atoms with Gasteiger partial charge in [0, 0.05) is 32.2 Å². The first-order valence-electron chi connectivity index (χ1n) is 8.18. The van der Waals surface area contributed by atoms with Gasteiger partial charge in [-0.15, -0.1) is 0 Å². The molecule has 1 amide bonds. The summed E-state index contributed by atoms with van der Waals surface area (Å²) in [5.41, 5.74) is 0. The van der Waals surface area contributed by atoms with Crippen molar-refractivity contribution in [2.24, 2.45) is 0 Å². The van der Waals surface area contributed by atoms with Crippen molar-refractivity contribution in [2.75, 3.05) is 26.2 Å². The van der Waals surface area contributed by atoms with E-state index in [9.17, 15) is 13.2 Å². The molecular formula is C16H22ClN3O3S. The summed E-state index contributed by atoms with van der Waals surface area (Å²) < 4.78 is 26.9.